The number of fused-ring (bicyclic) bond motifs is 1. The van der Waals surface area contributed by atoms with Crippen molar-refractivity contribution in [3.63, 3.8) is 0 Å². The molecule has 0 aliphatic carbocycles. The van der Waals surface area contributed by atoms with Crippen LogP contribution in [0.2, 0.25) is 0 Å². The van der Waals surface area contributed by atoms with Gasteiger partial charge in [-0.15, -0.1) is 0 Å². The zero-order chi connectivity index (χ0) is 20.6. The number of sulfonamides is 1. The summed E-state index contributed by atoms with van der Waals surface area (Å²) in [6, 6.07) is 12.1. The minimum atomic E-state index is -3.67. The molecule has 1 atom stereocenters. The zero-order valence-corrected chi connectivity index (χ0v) is 16.8. The fraction of sp³-hybridized carbons (Fsp3) is 0.286. The number of para-hydroxylation sites is 1. The molecule has 1 aliphatic heterocycles. The van der Waals surface area contributed by atoms with E-state index in [9.17, 15) is 17.6 Å². The molecule has 6 nitrogen and oxygen atoms in total. The van der Waals surface area contributed by atoms with Crippen LogP contribution in [0, 0.1) is 5.82 Å². The number of Topliss-reactive ketones (excluding diaryl/α,β-unsaturated/α-hetero) is 1. The molecule has 0 bridgehead atoms. The Hall–Kier alpha value is -2.55. The third-order valence-corrected chi connectivity index (χ3v) is 7.42. The number of benzene rings is 2. The summed E-state index contributed by atoms with van der Waals surface area (Å²) in [5.74, 6) is -0.462. The first-order valence-electron chi connectivity index (χ1n) is 9.48. The van der Waals surface area contributed by atoms with Crippen molar-refractivity contribution in [2.75, 3.05) is 26.2 Å². The lowest BCUT2D eigenvalue weighted by Gasteiger charge is -2.36. The second kappa shape index (κ2) is 7.70. The highest BCUT2D eigenvalue weighted by molar-refractivity contribution is 7.89. The maximum Gasteiger partial charge on any atom is 0.243 e. The van der Waals surface area contributed by atoms with Gasteiger partial charge >= 0.3 is 0 Å². The van der Waals surface area contributed by atoms with Crippen LogP contribution in [0.15, 0.2) is 59.6 Å². The quantitative estimate of drug-likeness (QED) is 0.651. The third-order valence-electron chi connectivity index (χ3n) is 5.51. The summed E-state index contributed by atoms with van der Waals surface area (Å²) in [4.78, 5) is 18.2. The highest BCUT2D eigenvalue weighted by atomic mass is 32.2. The summed E-state index contributed by atoms with van der Waals surface area (Å²) in [5, 5.41) is 0.891. The van der Waals surface area contributed by atoms with Gasteiger partial charge in [-0.05, 0) is 37.3 Å². The highest BCUT2D eigenvalue weighted by Crippen LogP contribution is 2.23. The van der Waals surface area contributed by atoms with Gasteiger partial charge in [-0.1, -0.05) is 18.2 Å². The van der Waals surface area contributed by atoms with E-state index < -0.39 is 15.8 Å². The number of H-pyrrole nitrogens is 1. The molecule has 0 unspecified atom stereocenters. The number of carbonyl (C=O) groups excluding carboxylic acids is 1. The number of carbonyl (C=O) groups is 1. The van der Waals surface area contributed by atoms with Crippen molar-refractivity contribution in [2.45, 2.75) is 17.9 Å². The van der Waals surface area contributed by atoms with Gasteiger partial charge in [0.2, 0.25) is 10.0 Å². The first-order valence-corrected chi connectivity index (χ1v) is 10.9. The van der Waals surface area contributed by atoms with E-state index in [1.54, 1.807) is 6.20 Å². The van der Waals surface area contributed by atoms with Crippen molar-refractivity contribution in [1.82, 2.24) is 14.2 Å². The number of piperazine rings is 1. The summed E-state index contributed by atoms with van der Waals surface area (Å²) in [6.45, 7) is 3.33. The van der Waals surface area contributed by atoms with Crippen molar-refractivity contribution in [2.24, 2.45) is 0 Å². The molecule has 1 aliphatic rings. The predicted octanol–water partition coefficient (Wildman–Crippen LogP) is 2.88. The van der Waals surface area contributed by atoms with Crippen LogP contribution < -0.4 is 0 Å². The first-order chi connectivity index (χ1) is 13.9. The number of aromatic nitrogens is 1. The summed E-state index contributed by atoms with van der Waals surface area (Å²) in [7, 11) is -3.67. The molecule has 0 amide bonds. The Kier molecular flexibility index (Phi) is 5.24. The van der Waals surface area contributed by atoms with Gasteiger partial charge in [0.15, 0.2) is 5.78 Å². The molecule has 1 fully saturated rings. The van der Waals surface area contributed by atoms with Crippen molar-refractivity contribution in [3.8, 4) is 0 Å². The van der Waals surface area contributed by atoms with Gasteiger partial charge in [-0.3, -0.25) is 9.69 Å². The van der Waals surface area contributed by atoms with Crippen LogP contribution in [0.5, 0.6) is 0 Å². The average Bonchev–Trinajstić information content (AvgIpc) is 3.17. The number of aromatic amines is 1. The molecule has 2 heterocycles. The van der Waals surface area contributed by atoms with Crippen LogP contribution in [0.3, 0.4) is 0 Å². The van der Waals surface area contributed by atoms with Crippen LogP contribution in [-0.2, 0) is 10.0 Å². The number of rotatable bonds is 5. The van der Waals surface area contributed by atoms with Crippen LogP contribution >= 0.6 is 0 Å². The Bertz CT molecular complexity index is 1130. The Morgan fingerprint density at radius 3 is 2.38 bits per heavy atom. The lowest BCUT2D eigenvalue weighted by molar-refractivity contribution is 0.0784. The van der Waals surface area contributed by atoms with Gasteiger partial charge in [0.05, 0.1) is 10.9 Å². The molecule has 29 heavy (non-hydrogen) atoms. The van der Waals surface area contributed by atoms with Crippen molar-refractivity contribution < 1.29 is 17.6 Å². The highest BCUT2D eigenvalue weighted by Gasteiger charge is 2.32. The number of nitrogens with zero attached hydrogens (tertiary/aromatic N) is 2. The van der Waals surface area contributed by atoms with Gasteiger partial charge in [-0.2, -0.15) is 4.31 Å². The van der Waals surface area contributed by atoms with E-state index in [2.05, 4.69) is 4.98 Å². The van der Waals surface area contributed by atoms with Gasteiger partial charge < -0.3 is 4.98 Å². The largest absolute Gasteiger partial charge is 0.360 e. The molecule has 3 aromatic rings. The van der Waals surface area contributed by atoms with Crippen LogP contribution in [0.4, 0.5) is 4.39 Å². The second-order valence-electron chi connectivity index (χ2n) is 7.18. The lowest BCUT2D eigenvalue weighted by atomic mass is 10.0. The number of halogens is 1. The van der Waals surface area contributed by atoms with Gasteiger partial charge in [0.1, 0.15) is 5.82 Å². The van der Waals surface area contributed by atoms with Crippen molar-refractivity contribution >= 4 is 26.7 Å². The Labute approximate surface area is 169 Å². The third kappa shape index (κ3) is 3.71. The maximum atomic E-state index is 13.1. The number of hydrogen-bond donors (Lipinski definition) is 1. The summed E-state index contributed by atoms with van der Waals surface area (Å²) < 4.78 is 40.0. The molecule has 152 valence electrons. The van der Waals surface area contributed by atoms with E-state index in [1.807, 2.05) is 36.1 Å². The molecule has 1 aromatic heterocycles. The van der Waals surface area contributed by atoms with Crippen molar-refractivity contribution in [3.05, 3.63) is 66.1 Å². The predicted molar refractivity (Wildman–Crippen MR) is 109 cm³/mol. The van der Waals surface area contributed by atoms with E-state index in [0.29, 0.717) is 18.7 Å². The molecule has 1 N–H and O–H groups in total. The second-order valence-corrected chi connectivity index (χ2v) is 9.12. The van der Waals surface area contributed by atoms with E-state index >= 15 is 0 Å². The molecular formula is C21H22FN3O3S. The molecule has 0 saturated carbocycles. The van der Waals surface area contributed by atoms with Gasteiger partial charge in [-0.25, -0.2) is 12.8 Å². The minimum absolute atomic E-state index is 0.0114. The van der Waals surface area contributed by atoms with Crippen LogP contribution in [-0.4, -0.2) is 60.6 Å². The number of nitrogens with one attached hydrogen (secondary N) is 1. The normalized spacial score (nSPS) is 17.4. The lowest BCUT2D eigenvalue weighted by Crippen LogP contribution is -2.53. The molecule has 2 aromatic carbocycles. The van der Waals surface area contributed by atoms with E-state index in [0.717, 1.165) is 23.0 Å². The SMILES string of the molecule is C[C@H](C(=O)c1c[nH]c2ccccc12)N1CCN(S(=O)(=O)c2ccc(F)cc2)CC1. The van der Waals surface area contributed by atoms with E-state index in [-0.39, 0.29) is 29.8 Å². The molecule has 4 rings (SSSR count). The van der Waals surface area contributed by atoms with E-state index in [4.69, 9.17) is 0 Å². The van der Waals surface area contributed by atoms with Gasteiger partial charge in [0, 0.05) is 48.8 Å². The standard InChI is InChI=1S/C21H22FN3O3S/c1-15(21(26)19-14-23-20-5-3-2-4-18(19)20)24-10-12-25(13-11-24)29(27,28)17-8-6-16(22)7-9-17/h2-9,14-15,23H,10-13H2,1H3/t15-/m1/s1. The monoisotopic (exact) mass is 415 g/mol. The minimum Gasteiger partial charge on any atom is -0.360 e. The van der Waals surface area contributed by atoms with Gasteiger partial charge in [0.25, 0.3) is 0 Å². The zero-order valence-electron chi connectivity index (χ0n) is 16.0. The molecule has 8 heteroatoms. The summed E-state index contributed by atoms with van der Waals surface area (Å²) >= 11 is 0. The number of ketones is 1. The van der Waals surface area contributed by atoms with Crippen LogP contribution in [0.25, 0.3) is 10.9 Å². The van der Waals surface area contributed by atoms with Crippen LogP contribution in [0.1, 0.15) is 17.3 Å². The van der Waals surface area contributed by atoms with Crippen molar-refractivity contribution in [1.29, 1.82) is 0 Å². The Morgan fingerprint density at radius 1 is 1.03 bits per heavy atom. The smallest absolute Gasteiger partial charge is 0.243 e. The molecule has 0 radical (unpaired) electrons. The first kappa shape index (κ1) is 19.8. The fourth-order valence-corrected chi connectivity index (χ4v) is 5.18. The number of hydrogen-bond acceptors (Lipinski definition) is 4. The summed E-state index contributed by atoms with van der Waals surface area (Å²) in [6.07, 6.45) is 1.73. The van der Waals surface area contributed by atoms with E-state index in [1.165, 1.54) is 16.4 Å². The summed E-state index contributed by atoms with van der Waals surface area (Å²) in [5.41, 5.74) is 1.56. The molecule has 0 spiro atoms. The molecular weight excluding hydrogens is 393 g/mol. The molecule has 1 saturated heterocycles. The fourth-order valence-electron chi connectivity index (χ4n) is 3.75. The Morgan fingerprint density at radius 2 is 1.69 bits per heavy atom. The Balaban J connectivity index is 1.45. The maximum absolute atomic E-state index is 13.1. The topological polar surface area (TPSA) is 73.5 Å². The average molecular weight is 415 g/mol.